The minimum absolute atomic E-state index is 0.0625. The number of carbonyl (C=O) groups is 2. The molecule has 3 rings (SSSR count). The van der Waals surface area contributed by atoms with E-state index >= 15 is 0 Å². The Morgan fingerprint density at radius 3 is 2.42 bits per heavy atom. The number of nitro benzene ring substituents is 1. The molecule has 2 aromatic carbocycles. The minimum atomic E-state index is -0.856. The molecule has 0 aliphatic carbocycles. The van der Waals surface area contributed by atoms with Crippen molar-refractivity contribution in [2.75, 3.05) is 26.7 Å². The molecule has 1 saturated heterocycles. The van der Waals surface area contributed by atoms with Crippen molar-refractivity contribution < 1.29 is 24.0 Å². The number of benzene rings is 2. The molecule has 2 aromatic rings. The summed E-state index contributed by atoms with van der Waals surface area (Å²) in [5, 5.41) is 11.1. The third-order valence-electron chi connectivity index (χ3n) is 5.19. The number of nitrogens with zero attached hydrogens (tertiary/aromatic N) is 3. The van der Waals surface area contributed by atoms with Gasteiger partial charge in [0.2, 0.25) is 0 Å². The average Bonchev–Trinajstić information content (AvgIpc) is 2.78. The van der Waals surface area contributed by atoms with E-state index in [9.17, 15) is 19.7 Å². The molecule has 1 fully saturated rings. The predicted molar refractivity (Wildman–Crippen MR) is 113 cm³/mol. The number of methoxy groups -OCH3 is 1. The van der Waals surface area contributed by atoms with Crippen molar-refractivity contribution in [2.24, 2.45) is 0 Å². The lowest BCUT2D eigenvalue weighted by Gasteiger charge is -2.40. The Balaban J connectivity index is 1.65. The normalized spacial score (nSPS) is 17.1. The molecule has 0 bridgehead atoms. The first-order valence-electron chi connectivity index (χ1n) is 9.95. The summed E-state index contributed by atoms with van der Waals surface area (Å²) in [6, 6.07) is 12.9. The summed E-state index contributed by atoms with van der Waals surface area (Å²) in [5.74, 6) is 0.139. The van der Waals surface area contributed by atoms with Crippen LogP contribution in [-0.4, -0.2) is 65.4 Å². The Morgan fingerprint density at radius 2 is 1.81 bits per heavy atom. The molecule has 31 heavy (non-hydrogen) atoms. The van der Waals surface area contributed by atoms with Gasteiger partial charge in [-0.2, -0.15) is 0 Å². The second-order valence-electron chi connectivity index (χ2n) is 7.38. The number of piperazine rings is 1. The maximum absolute atomic E-state index is 13.0. The van der Waals surface area contributed by atoms with Crippen LogP contribution in [0.15, 0.2) is 48.5 Å². The van der Waals surface area contributed by atoms with Crippen LogP contribution in [0.4, 0.5) is 5.69 Å². The molecule has 0 aromatic heterocycles. The standard InChI is InChI=1S/C22H25N3O6/c1-15-14-23(22(27)17-7-5-4-6-8-17)9-10-24(15)21(26)16(2)31-20-12-18(25(28)29)11-19(13-20)30-3/h4-8,11-13,15-16H,9-10,14H2,1-3H3/t15-,16?/m1/s1. The number of amides is 2. The molecule has 1 unspecified atom stereocenters. The zero-order valence-electron chi connectivity index (χ0n) is 17.7. The SMILES string of the molecule is COc1cc(OC(C)C(=O)N2CCN(C(=O)c3ccccc3)C[C@H]2C)cc([N+](=O)[O-])c1. The van der Waals surface area contributed by atoms with Crippen LogP contribution in [0, 0.1) is 10.1 Å². The van der Waals surface area contributed by atoms with Crippen LogP contribution in [0.5, 0.6) is 11.5 Å². The second kappa shape index (κ2) is 9.46. The van der Waals surface area contributed by atoms with Gasteiger partial charge < -0.3 is 19.3 Å². The molecule has 9 heteroatoms. The highest BCUT2D eigenvalue weighted by molar-refractivity contribution is 5.94. The molecule has 0 N–H and O–H groups in total. The number of hydrogen-bond acceptors (Lipinski definition) is 6. The molecule has 9 nitrogen and oxygen atoms in total. The third-order valence-corrected chi connectivity index (χ3v) is 5.19. The minimum Gasteiger partial charge on any atom is -0.496 e. The molecule has 0 saturated carbocycles. The van der Waals surface area contributed by atoms with Crippen molar-refractivity contribution in [3.63, 3.8) is 0 Å². The quantitative estimate of drug-likeness (QED) is 0.519. The van der Waals surface area contributed by atoms with Crippen LogP contribution in [0.2, 0.25) is 0 Å². The Morgan fingerprint density at radius 1 is 1.13 bits per heavy atom. The van der Waals surface area contributed by atoms with Gasteiger partial charge in [-0.3, -0.25) is 19.7 Å². The predicted octanol–water partition coefficient (Wildman–Crippen LogP) is 2.74. The lowest BCUT2D eigenvalue weighted by molar-refractivity contribution is -0.385. The molecule has 1 heterocycles. The topological polar surface area (TPSA) is 102 Å². The number of nitro groups is 1. The summed E-state index contributed by atoms with van der Waals surface area (Å²) < 4.78 is 10.8. The molecule has 164 valence electrons. The highest BCUT2D eigenvalue weighted by atomic mass is 16.6. The zero-order valence-corrected chi connectivity index (χ0v) is 17.7. The number of rotatable bonds is 6. The number of non-ortho nitro benzene ring substituents is 1. The van der Waals surface area contributed by atoms with E-state index in [1.54, 1.807) is 28.9 Å². The monoisotopic (exact) mass is 427 g/mol. The summed E-state index contributed by atoms with van der Waals surface area (Å²) in [6.07, 6.45) is -0.856. The van der Waals surface area contributed by atoms with Crippen LogP contribution in [-0.2, 0) is 4.79 Å². The Bertz CT molecular complexity index is 965. The van der Waals surface area contributed by atoms with Crippen LogP contribution >= 0.6 is 0 Å². The van der Waals surface area contributed by atoms with E-state index in [2.05, 4.69) is 0 Å². The maximum atomic E-state index is 13.0. The average molecular weight is 427 g/mol. The van der Waals surface area contributed by atoms with Gasteiger partial charge in [0.25, 0.3) is 17.5 Å². The smallest absolute Gasteiger partial charge is 0.276 e. The second-order valence-corrected chi connectivity index (χ2v) is 7.38. The van der Waals surface area contributed by atoms with Crippen LogP contribution in [0.1, 0.15) is 24.2 Å². The Labute approximate surface area is 180 Å². The van der Waals surface area contributed by atoms with Gasteiger partial charge in [0.1, 0.15) is 11.5 Å². The molecule has 0 radical (unpaired) electrons. The zero-order chi connectivity index (χ0) is 22.5. The van der Waals surface area contributed by atoms with Gasteiger partial charge in [0.05, 0.1) is 24.2 Å². The number of carbonyl (C=O) groups excluding carboxylic acids is 2. The van der Waals surface area contributed by atoms with E-state index in [-0.39, 0.29) is 35.0 Å². The van der Waals surface area contributed by atoms with Crippen molar-refractivity contribution in [1.82, 2.24) is 9.80 Å². The van der Waals surface area contributed by atoms with Crippen molar-refractivity contribution in [2.45, 2.75) is 26.0 Å². The van der Waals surface area contributed by atoms with Crippen molar-refractivity contribution in [3.05, 3.63) is 64.2 Å². The van der Waals surface area contributed by atoms with E-state index in [0.717, 1.165) is 0 Å². The van der Waals surface area contributed by atoms with E-state index in [4.69, 9.17) is 9.47 Å². The van der Waals surface area contributed by atoms with E-state index in [1.165, 1.54) is 25.3 Å². The first-order chi connectivity index (χ1) is 14.8. The summed E-state index contributed by atoms with van der Waals surface area (Å²) in [7, 11) is 1.40. The molecule has 1 aliphatic heterocycles. The fourth-order valence-electron chi connectivity index (χ4n) is 3.57. The van der Waals surface area contributed by atoms with Gasteiger partial charge in [0, 0.05) is 37.3 Å². The van der Waals surface area contributed by atoms with Crippen LogP contribution in [0.3, 0.4) is 0 Å². The largest absolute Gasteiger partial charge is 0.496 e. The van der Waals surface area contributed by atoms with Gasteiger partial charge in [-0.15, -0.1) is 0 Å². The fourth-order valence-corrected chi connectivity index (χ4v) is 3.57. The maximum Gasteiger partial charge on any atom is 0.276 e. The van der Waals surface area contributed by atoms with Crippen LogP contribution < -0.4 is 9.47 Å². The first-order valence-corrected chi connectivity index (χ1v) is 9.95. The molecule has 2 atom stereocenters. The number of ether oxygens (including phenoxy) is 2. The summed E-state index contributed by atoms with van der Waals surface area (Å²) in [5.41, 5.74) is 0.432. The Hall–Kier alpha value is -3.62. The summed E-state index contributed by atoms with van der Waals surface area (Å²) in [6.45, 7) is 4.69. The molecular formula is C22H25N3O6. The molecular weight excluding hydrogens is 402 g/mol. The molecule has 0 spiro atoms. The molecule has 2 amide bonds. The van der Waals surface area contributed by atoms with Gasteiger partial charge in [-0.05, 0) is 26.0 Å². The van der Waals surface area contributed by atoms with E-state index in [0.29, 0.717) is 25.2 Å². The summed E-state index contributed by atoms with van der Waals surface area (Å²) >= 11 is 0. The molecule has 1 aliphatic rings. The Kier molecular flexibility index (Phi) is 6.74. The van der Waals surface area contributed by atoms with Crippen molar-refractivity contribution >= 4 is 17.5 Å². The van der Waals surface area contributed by atoms with Gasteiger partial charge in [-0.25, -0.2) is 0 Å². The highest BCUT2D eigenvalue weighted by Crippen LogP contribution is 2.28. The van der Waals surface area contributed by atoms with Gasteiger partial charge in [-0.1, -0.05) is 18.2 Å². The highest BCUT2D eigenvalue weighted by Gasteiger charge is 2.33. The van der Waals surface area contributed by atoms with Crippen molar-refractivity contribution in [3.8, 4) is 11.5 Å². The van der Waals surface area contributed by atoms with E-state index < -0.39 is 11.0 Å². The lowest BCUT2D eigenvalue weighted by atomic mass is 10.1. The lowest BCUT2D eigenvalue weighted by Crippen LogP contribution is -2.57. The van der Waals surface area contributed by atoms with Gasteiger partial charge >= 0.3 is 0 Å². The summed E-state index contributed by atoms with van der Waals surface area (Å²) in [4.78, 5) is 39.6. The first kappa shape index (κ1) is 22.1. The fraction of sp³-hybridized carbons (Fsp3) is 0.364. The van der Waals surface area contributed by atoms with E-state index in [1.807, 2.05) is 25.1 Å². The third kappa shape index (κ3) is 5.11. The number of hydrogen-bond donors (Lipinski definition) is 0. The van der Waals surface area contributed by atoms with Gasteiger partial charge in [0.15, 0.2) is 6.10 Å². The van der Waals surface area contributed by atoms with Crippen LogP contribution in [0.25, 0.3) is 0 Å². The van der Waals surface area contributed by atoms with Crippen molar-refractivity contribution in [1.29, 1.82) is 0 Å².